The predicted molar refractivity (Wildman–Crippen MR) is 79.7 cm³/mol. The summed E-state index contributed by atoms with van der Waals surface area (Å²) in [5.74, 6) is 0. The summed E-state index contributed by atoms with van der Waals surface area (Å²) in [4.78, 5) is 7.49. The molecule has 1 aromatic heterocycles. The first-order valence-electron chi connectivity index (χ1n) is 6.01. The highest BCUT2D eigenvalue weighted by Crippen LogP contribution is 2.26. The van der Waals surface area contributed by atoms with E-state index < -0.39 is 0 Å². The number of aryl methyl sites for hydroxylation is 1. The molecule has 0 bridgehead atoms. The Hall–Kier alpha value is -1.55. The largest absolute Gasteiger partial charge is 0.378 e. The monoisotopic (exact) mass is 261 g/mol. The molecule has 1 atom stereocenters. The number of hydrogen-bond acceptors (Lipinski definition) is 4. The molecule has 0 spiro atoms. The summed E-state index contributed by atoms with van der Waals surface area (Å²) in [7, 11) is 4.11. The van der Waals surface area contributed by atoms with Crippen LogP contribution in [-0.2, 0) is 0 Å². The van der Waals surface area contributed by atoms with Gasteiger partial charge in [0.2, 0.25) is 0 Å². The average Bonchev–Trinajstić information content (AvgIpc) is 2.85. The third-order valence-electron chi connectivity index (χ3n) is 2.98. The summed E-state index contributed by atoms with van der Waals surface area (Å²) in [5, 5.41) is 3.53. The van der Waals surface area contributed by atoms with Gasteiger partial charge in [-0.15, -0.1) is 11.3 Å². The number of thiazole rings is 1. The normalized spacial score (nSPS) is 12.2. The summed E-state index contributed by atoms with van der Waals surface area (Å²) in [6, 6.07) is 6.76. The first-order valence-corrected chi connectivity index (χ1v) is 6.89. The molecule has 3 nitrogen and oxygen atoms in total. The zero-order chi connectivity index (χ0) is 13.1. The minimum absolute atomic E-state index is 0.293. The van der Waals surface area contributed by atoms with Crippen molar-refractivity contribution in [2.45, 2.75) is 19.9 Å². The van der Waals surface area contributed by atoms with Crippen LogP contribution in [-0.4, -0.2) is 19.1 Å². The Labute approximate surface area is 112 Å². The third-order valence-corrected chi connectivity index (χ3v) is 3.93. The Morgan fingerprint density at radius 3 is 2.67 bits per heavy atom. The summed E-state index contributed by atoms with van der Waals surface area (Å²) >= 11 is 1.68. The number of aromatic nitrogens is 1. The summed E-state index contributed by atoms with van der Waals surface area (Å²) in [6.45, 7) is 4.29. The molecule has 0 fully saturated rings. The lowest BCUT2D eigenvalue weighted by molar-refractivity contribution is 0.901. The van der Waals surface area contributed by atoms with E-state index in [2.05, 4.69) is 61.3 Å². The van der Waals surface area contributed by atoms with Crippen LogP contribution in [0.2, 0.25) is 0 Å². The zero-order valence-corrected chi connectivity index (χ0v) is 12.1. The van der Waals surface area contributed by atoms with Crippen molar-refractivity contribution in [1.82, 2.24) is 4.98 Å². The topological polar surface area (TPSA) is 28.2 Å². The van der Waals surface area contributed by atoms with E-state index in [1.165, 1.54) is 21.8 Å². The van der Waals surface area contributed by atoms with Crippen LogP contribution in [0.1, 0.15) is 23.4 Å². The van der Waals surface area contributed by atoms with Crippen LogP contribution in [0, 0.1) is 6.92 Å². The van der Waals surface area contributed by atoms with E-state index in [9.17, 15) is 0 Å². The Morgan fingerprint density at radius 2 is 2.11 bits per heavy atom. The van der Waals surface area contributed by atoms with E-state index in [-0.39, 0.29) is 0 Å². The molecular weight excluding hydrogens is 242 g/mol. The average molecular weight is 261 g/mol. The van der Waals surface area contributed by atoms with Gasteiger partial charge in [-0.25, -0.2) is 0 Å². The van der Waals surface area contributed by atoms with Crippen LogP contribution in [0.4, 0.5) is 11.4 Å². The number of nitrogens with zero attached hydrogens (tertiary/aromatic N) is 2. The van der Waals surface area contributed by atoms with E-state index in [0.29, 0.717) is 6.04 Å². The quantitative estimate of drug-likeness (QED) is 0.909. The highest BCUT2D eigenvalue weighted by atomic mass is 32.1. The van der Waals surface area contributed by atoms with Gasteiger partial charge in [0, 0.05) is 36.5 Å². The van der Waals surface area contributed by atoms with Crippen LogP contribution in [0.3, 0.4) is 0 Å². The first kappa shape index (κ1) is 12.9. The molecule has 0 saturated heterocycles. The van der Waals surface area contributed by atoms with Crippen molar-refractivity contribution in [3.05, 3.63) is 40.3 Å². The number of hydrogen-bond donors (Lipinski definition) is 1. The van der Waals surface area contributed by atoms with Crippen molar-refractivity contribution in [2.24, 2.45) is 0 Å². The molecule has 4 heteroatoms. The van der Waals surface area contributed by atoms with Crippen LogP contribution < -0.4 is 10.2 Å². The highest BCUT2D eigenvalue weighted by molar-refractivity contribution is 7.09. The summed E-state index contributed by atoms with van der Waals surface area (Å²) < 4.78 is 0. The first-order chi connectivity index (χ1) is 8.58. The van der Waals surface area contributed by atoms with Crippen molar-refractivity contribution >= 4 is 22.7 Å². The fraction of sp³-hybridized carbons (Fsp3) is 0.357. The predicted octanol–water partition coefficient (Wildman–Crippen LogP) is 3.69. The number of benzene rings is 1. The Morgan fingerprint density at radius 1 is 1.33 bits per heavy atom. The van der Waals surface area contributed by atoms with E-state index in [4.69, 9.17) is 0 Å². The van der Waals surface area contributed by atoms with Crippen molar-refractivity contribution in [3.8, 4) is 0 Å². The molecule has 0 aliphatic rings. The van der Waals surface area contributed by atoms with Gasteiger partial charge < -0.3 is 10.2 Å². The molecule has 18 heavy (non-hydrogen) atoms. The van der Waals surface area contributed by atoms with Crippen LogP contribution >= 0.6 is 11.3 Å². The summed E-state index contributed by atoms with van der Waals surface area (Å²) in [5.41, 5.74) is 5.54. The SMILES string of the molecule is Cc1cc(N(C)C)ccc1NC(C)c1cncs1. The lowest BCUT2D eigenvalue weighted by atomic mass is 10.1. The number of rotatable bonds is 4. The maximum atomic E-state index is 4.12. The molecule has 96 valence electrons. The van der Waals surface area contributed by atoms with E-state index in [0.717, 1.165) is 0 Å². The second kappa shape index (κ2) is 5.40. The Bertz CT molecular complexity index is 506. The third kappa shape index (κ3) is 2.82. The van der Waals surface area contributed by atoms with Crippen molar-refractivity contribution in [3.63, 3.8) is 0 Å². The van der Waals surface area contributed by atoms with Gasteiger partial charge >= 0.3 is 0 Å². The van der Waals surface area contributed by atoms with Gasteiger partial charge in [-0.2, -0.15) is 0 Å². The molecular formula is C14H19N3S. The van der Waals surface area contributed by atoms with E-state index in [1.54, 1.807) is 11.3 Å². The van der Waals surface area contributed by atoms with Gasteiger partial charge in [0.05, 0.1) is 11.6 Å². The van der Waals surface area contributed by atoms with Gasteiger partial charge in [0.15, 0.2) is 0 Å². The van der Waals surface area contributed by atoms with Crippen molar-refractivity contribution < 1.29 is 0 Å². The molecule has 1 N–H and O–H groups in total. The van der Waals surface area contributed by atoms with Gasteiger partial charge in [-0.05, 0) is 37.6 Å². The second-order valence-corrected chi connectivity index (χ2v) is 5.58. The highest BCUT2D eigenvalue weighted by Gasteiger charge is 2.08. The molecule has 1 aromatic carbocycles. The molecule has 2 aromatic rings. The number of anilines is 2. The fourth-order valence-electron chi connectivity index (χ4n) is 1.83. The lowest BCUT2D eigenvalue weighted by Crippen LogP contribution is -2.10. The van der Waals surface area contributed by atoms with Crippen molar-refractivity contribution in [2.75, 3.05) is 24.3 Å². The minimum atomic E-state index is 0.293. The second-order valence-electron chi connectivity index (χ2n) is 4.66. The Kier molecular flexibility index (Phi) is 3.87. The molecule has 2 rings (SSSR count). The van der Waals surface area contributed by atoms with Gasteiger partial charge in [0.1, 0.15) is 0 Å². The van der Waals surface area contributed by atoms with Crippen LogP contribution in [0.25, 0.3) is 0 Å². The Balaban J connectivity index is 2.15. The van der Waals surface area contributed by atoms with Gasteiger partial charge in [-0.1, -0.05) is 0 Å². The smallest absolute Gasteiger partial charge is 0.0795 e. The zero-order valence-electron chi connectivity index (χ0n) is 11.3. The molecule has 0 saturated carbocycles. The molecule has 1 heterocycles. The molecule has 1 unspecified atom stereocenters. The molecule has 0 aliphatic carbocycles. The minimum Gasteiger partial charge on any atom is -0.378 e. The van der Waals surface area contributed by atoms with Gasteiger partial charge in [-0.3, -0.25) is 4.98 Å². The standard InChI is InChI=1S/C14H19N3S/c1-10-7-12(17(3)4)5-6-13(10)16-11(2)14-8-15-9-18-14/h5-9,11,16H,1-4H3. The lowest BCUT2D eigenvalue weighted by Gasteiger charge is -2.18. The van der Waals surface area contributed by atoms with Crippen LogP contribution in [0.5, 0.6) is 0 Å². The fourth-order valence-corrected chi connectivity index (χ4v) is 2.46. The molecule has 0 radical (unpaired) electrons. The summed E-state index contributed by atoms with van der Waals surface area (Å²) in [6.07, 6.45) is 1.92. The van der Waals surface area contributed by atoms with Crippen molar-refractivity contribution in [1.29, 1.82) is 0 Å². The van der Waals surface area contributed by atoms with E-state index in [1.807, 2.05) is 11.7 Å². The molecule has 0 aliphatic heterocycles. The van der Waals surface area contributed by atoms with E-state index >= 15 is 0 Å². The maximum absolute atomic E-state index is 4.12. The molecule has 0 amide bonds. The number of nitrogens with one attached hydrogen (secondary N) is 1. The van der Waals surface area contributed by atoms with Crippen LogP contribution in [0.15, 0.2) is 29.9 Å². The van der Waals surface area contributed by atoms with Gasteiger partial charge in [0.25, 0.3) is 0 Å². The maximum Gasteiger partial charge on any atom is 0.0795 e.